The number of hydrogen-bond acceptors (Lipinski definition) is 5. The highest BCUT2D eigenvalue weighted by Gasteiger charge is 2.32. The highest BCUT2D eigenvalue weighted by molar-refractivity contribution is 8.14. The fraction of sp³-hybridized carbons (Fsp3) is 0.857. The van der Waals surface area contributed by atoms with Crippen LogP contribution in [0.3, 0.4) is 0 Å². The standard InChI is InChI=1S/C14H25NO3S/c1-9(16)19-11-7-5-10(6-8-11)12(15)13(17)18-14(2,3)4/h10-12H,5-8,15H2,1-4H3. The van der Waals surface area contributed by atoms with Crippen molar-refractivity contribution in [2.24, 2.45) is 11.7 Å². The van der Waals surface area contributed by atoms with Gasteiger partial charge < -0.3 is 10.5 Å². The lowest BCUT2D eigenvalue weighted by atomic mass is 9.84. The molecule has 1 aliphatic rings. The van der Waals surface area contributed by atoms with E-state index in [4.69, 9.17) is 10.5 Å². The lowest BCUT2D eigenvalue weighted by Gasteiger charge is -2.31. The molecular formula is C14H25NO3S. The maximum Gasteiger partial charge on any atom is 0.323 e. The van der Waals surface area contributed by atoms with E-state index in [0.717, 1.165) is 25.7 Å². The average Bonchev–Trinajstić information content (AvgIpc) is 2.26. The molecule has 0 spiro atoms. The number of carbonyl (C=O) groups excluding carboxylic acids is 2. The molecule has 5 heteroatoms. The molecule has 0 amide bonds. The van der Waals surface area contributed by atoms with E-state index in [1.54, 1.807) is 6.92 Å². The third-order valence-corrected chi connectivity index (χ3v) is 4.37. The monoisotopic (exact) mass is 287 g/mol. The van der Waals surface area contributed by atoms with Crippen LogP contribution in [0.4, 0.5) is 0 Å². The van der Waals surface area contributed by atoms with E-state index >= 15 is 0 Å². The summed E-state index contributed by atoms with van der Waals surface area (Å²) < 4.78 is 5.32. The van der Waals surface area contributed by atoms with Crippen molar-refractivity contribution in [1.82, 2.24) is 0 Å². The molecule has 2 N–H and O–H groups in total. The van der Waals surface area contributed by atoms with E-state index < -0.39 is 11.6 Å². The summed E-state index contributed by atoms with van der Waals surface area (Å²) in [5.74, 6) is -0.131. The van der Waals surface area contributed by atoms with Crippen molar-refractivity contribution in [3.63, 3.8) is 0 Å². The van der Waals surface area contributed by atoms with Gasteiger partial charge in [0.2, 0.25) is 0 Å². The zero-order valence-corrected chi connectivity index (χ0v) is 13.1. The minimum Gasteiger partial charge on any atom is -0.459 e. The Morgan fingerprint density at radius 1 is 1.21 bits per heavy atom. The first-order chi connectivity index (χ1) is 8.69. The number of carbonyl (C=O) groups is 2. The smallest absolute Gasteiger partial charge is 0.323 e. The lowest BCUT2D eigenvalue weighted by Crippen LogP contribution is -2.44. The molecule has 1 rings (SSSR count). The molecule has 0 heterocycles. The molecule has 1 aliphatic carbocycles. The second kappa shape index (κ2) is 6.75. The number of nitrogens with two attached hydrogens (primary N) is 1. The third-order valence-electron chi connectivity index (χ3n) is 3.24. The number of thioether (sulfide) groups is 1. The van der Waals surface area contributed by atoms with Gasteiger partial charge >= 0.3 is 5.97 Å². The minimum absolute atomic E-state index is 0.167. The van der Waals surface area contributed by atoms with Gasteiger partial charge in [-0.1, -0.05) is 11.8 Å². The van der Waals surface area contributed by atoms with Crippen molar-refractivity contribution in [1.29, 1.82) is 0 Å². The Kier molecular flexibility index (Phi) is 5.86. The Morgan fingerprint density at radius 3 is 2.16 bits per heavy atom. The van der Waals surface area contributed by atoms with Gasteiger partial charge in [-0.05, 0) is 52.4 Å². The summed E-state index contributed by atoms with van der Waals surface area (Å²) in [6.45, 7) is 7.14. The highest BCUT2D eigenvalue weighted by Crippen LogP contribution is 2.33. The molecule has 0 saturated heterocycles. The second-order valence-corrected chi connectivity index (χ2v) is 7.68. The molecule has 0 aromatic rings. The summed E-state index contributed by atoms with van der Waals surface area (Å²) in [5.41, 5.74) is 5.51. The van der Waals surface area contributed by atoms with Crippen molar-refractivity contribution in [2.45, 2.75) is 70.3 Å². The maximum atomic E-state index is 11.9. The average molecular weight is 287 g/mol. The summed E-state index contributed by atoms with van der Waals surface area (Å²) in [7, 11) is 0. The molecular weight excluding hydrogens is 262 g/mol. The van der Waals surface area contributed by atoms with Crippen LogP contribution in [0.25, 0.3) is 0 Å². The zero-order chi connectivity index (χ0) is 14.6. The van der Waals surface area contributed by atoms with Crippen LogP contribution in [0.1, 0.15) is 53.4 Å². The summed E-state index contributed by atoms with van der Waals surface area (Å²) in [6, 6.07) is -0.539. The molecule has 1 unspecified atom stereocenters. The Balaban J connectivity index is 2.42. The Morgan fingerprint density at radius 2 is 1.74 bits per heavy atom. The Hall–Kier alpha value is -0.550. The second-order valence-electron chi connectivity index (χ2n) is 6.21. The summed E-state index contributed by atoms with van der Waals surface area (Å²) in [5, 5.41) is 0.555. The molecule has 1 saturated carbocycles. The Labute approximate surface area is 119 Å². The largest absolute Gasteiger partial charge is 0.459 e. The van der Waals surface area contributed by atoms with E-state index in [9.17, 15) is 9.59 Å². The van der Waals surface area contributed by atoms with Gasteiger partial charge in [0.15, 0.2) is 5.12 Å². The van der Waals surface area contributed by atoms with Gasteiger partial charge in [0, 0.05) is 12.2 Å². The summed E-state index contributed by atoms with van der Waals surface area (Å²) >= 11 is 1.41. The molecule has 110 valence electrons. The van der Waals surface area contributed by atoms with Crippen LogP contribution in [0, 0.1) is 5.92 Å². The third kappa shape index (κ3) is 5.95. The number of ether oxygens (including phenoxy) is 1. The summed E-state index contributed by atoms with van der Waals surface area (Å²) in [4.78, 5) is 23.0. The number of esters is 1. The van der Waals surface area contributed by atoms with E-state index in [0.29, 0.717) is 5.25 Å². The molecule has 19 heavy (non-hydrogen) atoms. The van der Waals surface area contributed by atoms with Crippen LogP contribution in [-0.2, 0) is 14.3 Å². The van der Waals surface area contributed by atoms with Crippen LogP contribution in [0.15, 0.2) is 0 Å². The Bertz CT molecular complexity index is 330. The van der Waals surface area contributed by atoms with Gasteiger partial charge in [-0.15, -0.1) is 0 Å². The van der Waals surface area contributed by atoms with Crippen LogP contribution in [0.5, 0.6) is 0 Å². The number of hydrogen-bond donors (Lipinski definition) is 1. The summed E-state index contributed by atoms with van der Waals surface area (Å²) in [6.07, 6.45) is 3.69. The quantitative estimate of drug-likeness (QED) is 0.808. The molecule has 1 fully saturated rings. The van der Waals surface area contributed by atoms with Crippen LogP contribution >= 0.6 is 11.8 Å². The molecule has 4 nitrogen and oxygen atoms in total. The first-order valence-electron chi connectivity index (χ1n) is 6.84. The minimum atomic E-state index is -0.539. The normalized spacial score (nSPS) is 25.7. The zero-order valence-electron chi connectivity index (χ0n) is 12.3. The first-order valence-corrected chi connectivity index (χ1v) is 7.72. The SMILES string of the molecule is CC(=O)SC1CCC(C(N)C(=O)OC(C)(C)C)CC1. The fourth-order valence-electron chi connectivity index (χ4n) is 2.36. The van der Waals surface area contributed by atoms with E-state index in [1.165, 1.54) is 11.8 Å². The van der Waals surface area contributed by atoms with Crippen LogP contribution in [0.2, 0.25) is 0 Å². The van der Waals surface area contributed by atoms with Crippen LogP contribution < -0.4 is 5.73 Å². The predicted octanol–water partition coefficient (Wildman–Crippen LogP) is 2.49. The van der Waals surface area contributed by atoms with Crippen molar-refractivity contribution in [2.75, 3.05) is 0 Å². The predicted molar refractivity (Wildman–Crippen MR) is 77.8 cm³/mol. The van der Waals surface area contributed by atoms with Gasteiger partial charge in [-0.2, -0.15) is 0 Å². The van der Waals surface area contributed by atoms with E-state index in [-0.39, 0.29) is 17.0 Å². The van der Waals surface area contributed by atoms with Gasteiger partial charge in [0.05, 0.1) is 0 Å². The first kappa shape index (κ1) is 16.5. The van der Waals surface area contributed by atoms with Crippen molar-refractivity contribution >= 4 is 22.8 Å². The molecule has 0 radical (unpaired) electrons. The lowest BCUT2D eigenvalue weighted by molar-refractivity contribution is -0.158. The van der Waals surface area contributed by atoms with Gasteiger partial charge in [-0.3, -0.25) is 9.59 Å². The highest BCUT2D eigenvalue weighted by atomic mass is 32.2. The van der Waals surface area contributed by atoms with E-state index in [2.05, 4.69) is 0 Å². The van der Waals surface area contributed by atoms with Crippen molar-refractivity contribution < 1.29 is 14.3 Å². The molecule has 0 aromatic carbocycles. The molecule has 0 bridgehead atoms. The maximum absolute atomic E-state index is 11.9. The van der Waals surface area contributed by atoms with E-state index in [1.807, 2.05) is 20.8 Å². The molecule has 1 atom stereocenters. The van der Waals surface area contributed by atoms with Crippen LogP contribution in [-0.4, -0.2) is 28.0 Å². The fourth-order valence-corrected chi connectivity index (χ4v) is 3.34. The van der Waals surface area contributed by atoms with Crippen molar-refractivity contribution in [3.8, 4) is 0 Å². The van der Waals surface area contributed by atoms with Gasteiger partial charge in [-0.25, -0.2) is 0 Å². The van der Waals surface area contributed by atoms with Crippen molar-refractivity contribution in [3.05, 3.63) is 0 Å². The topological polar surface area (TPSA) is 69.4 Å². The molecule has 0 aliphatic heterocycles. The molecule has 0 aromatic heterocycles. The van der Waals surface area contributed by atoms with Gasteiger partial charge in [0.25, 0.3) is 0 Å². The van der Waals surface area contributed by atoms with Gasteiger partial charge in [0.1, 0.15) is 11.6 Å². The number of rotatable bonds is 3.